The summed E-state index contributed by atoms with van der Waals surface area (Å²) < 4.78 is 2.10. The summed E-state index contributed by atoms with van der Waals surface area (Å²) in [5.74, 6) is -1.21. The molecule has 1 N–H and O–H groups in total. The van der Waals surface area contributed by atoms with Gasteiger partial charge in [-0.05, 0) is 36.2 Å². The second-order valence-corrected chi connectivity index (χ2v) is 5.20. The Labute approximate surface area is 118 Å². The minimum atomic E-state index is -1.21. The smallest absolute Gasteiger partial charge is 0.341 e. The lowest BCUT2D eigenvalue weighted by molar-refractivity contribution is 0.0695. The van der Waals surface area contributed by atoms with Crippen LogP contribution in [0.2, 0.25) is 0 Å². The fourth-order valence-corrected chi connectivity index (χ4v) is 2.31. The second-order valence-electron chi connectivity index (χ2n) is 4.28. The lowest BCUT2D eigenvalue weighted by atomic mass is 9.97. The van der Waals surface area contributed by atoms with Crippen LogP contribution in [0.4, 0.5) is 0 Å². The van der Waals surface area contributed by atoms with Gasteiger partial charge in [-0.15, -0.1) is 0 Å². The van der Waals surface area contributed by atoms with Crippen LogP contribution in [0.25, 0.3) is 11.1 Å². The van der Waals surface area contributed by atoms with Gasteiger partial charge < -0.3 is 9.67 Å². The molecule has 0 saturated heterocycles. The Balaban J connectivity index is 2.83. The topological polar surface area (TPSA) is 59.3 Å². The summed E-state index contributed by atoms with van der Waals surface area (Å²) in [5.41, 5.74) is 1.38. The molecule has 0 unspecified atom stereocenters. The highest BCUT2D eigenvalue weighted by atomic mass is 79.9. The first-order valence-electron chi connectivity index (χ1n) is 5.61. The molecule has 19 heavy (non-hydrogen) atoms. The van der Waals surface area contributed by atoms with E-state index < -0.39 is 11.5 Å². The van der Waals surface area contributed by atoms with Crippen molar-refractivity contribution in [1.82, 2.24) is 4.57 Å². The van der Waals surface area contributed by atoms with E-state index in [4.69, 9.17) is 0 Å². The first-order chi connectivity index (χ1) is 8.91. The van der Waals surface area contributed by atoms with Crippen molar-refractivity contribution in [3.63, 3.8) is 0 Å². The average Bonchev–Trinajstić information content (AvgIpc) is 2.35. The molecule has 2 aromatic rings. The van der Waals surface area contributed by atoms with Gasteiger partial charge in [0.2, 0.25) is 0 Å². The molecule has 2 rings (SSSR count). The standard InChI is InChI=1S/C14H12BrNO3/c1-8-3-4-9(15)7-11(8)10-5-6-16(2)13(17)12(10)14(18)19/h3-7H,1-2H3,(H,18,19). The van der Waals surface area contributed by atoms with E-state index in [-0.39, 0.29) is 5.56 Å². The van der Waals surface area contributed by atoms with Gasteiger partial charge in [0.05, 0.1) is 0 Å². The van der Waals surface area contributed by atoms with Crippen LogP contribution in [0.3, 0.4) is 0 Å². The van der Waals surface area contributed by atoms with Crippen LogP contribution in [0.5, 0.6) is 0 Å². The van der Waals surface area contributed by atoms with Gasteiger partial charge >= 0.3 is 5.97 Å². The molecule has 0 saturated carbocycles. The Bertz CT molecular complexity index is 719. The number of aromatic carboxylic acids is 1. The highest BCUT2D eigenvalue weighted by molar-refractivity contribution is 9.10. The quantitative estimate of drug-likeness (QED) is 0.925. The number of aryl methyl sites for hydroxylation is 2. The summed E-state index contributed by atoms with van der Waals surface area (Å²) >= 11 is 3.36. The van der Waals surface area contributed by atoms with Crippen molar-refractivity contribution in [2.75, 3.05) is 0 Å². The molecule has 4 nitrogen and oxygen atoms in total. The van der Waals surface area contributed by atoms with Crippen LogP contribution in [-0.2, 0) is 7.05 Å². The minimum Gasteiger partial charge on any atom is -0.477 e. The summed E-state index contributed by atoms with van der Waals surface area (Å²) in [6, 6.07) is 7.22. The van der Waals surface area contributed by atoms with E-state index in [0.29, 0.717) is 5.56 Å². The van der Waals surface area contributed by atoms with Crippen molar-refractivity contribution in [3.8, 4) is 11.1 Å². The van der Waals surface area contributed by atoms with Crippen LogP contribution < -0.4 is 5.56 Å². The predicted octanol–water partition coefficient (Wildman–Crippen LogP) is 2.82. The fraction of sp³-hybridized carbons (Fsp3) is 0.143. The molecule has 0 aliphatic heterocycles. The summed E-state index contributed by atoms with van der Waals surface area (Å²) in [4.78, 5) is 23.3. The van der Waals surface area contributed by atoms with E-state index in [0.717, 1.165) is 15.6 Å². The lowest BCUT2D eigenvalue weighted by Gasteiger charge is -2.11. The van der Waals surface area contributed by atoms with Crippen molar-refractivity contribution >= 4 is 21.9 Å². The number of hydrogen-bond acceptors (Lipinski definition) is 2. The summed E-state index contributed by atoms with van der Waals surface area (Å²) in [7, 11) is 1.53. The van der Waals surface area contributed by atoms with E-state index in [9.17, 15) is 14.7 Å². The molecule has 0 atom stereocenters. The maximum atomic E-state index is 12.0. The number of carbonyl (C=O) groups is 1. The third-order valence-corrected chi connectivity index (χ3v) is 3.47. The molecule has 0 amide bonds. The second kappa shape index (κ2) is 5.01. The Morgan fingerprint density at radius 3 is 2.58 bits per heavy atom. The van der Waals surface area contributed by atoms with Crippen molar-refractivity contribution in [2.45, 2.75) is 6.92 Å². The van der Waals surface area contributed by atoms with Gasteiger partial charge in [-0.25, -0.2) is 4.79 Å². The monoisotopic (exact) mass is 321 g/mol. The Kier molecular flexibility index (Phi) is 3.57. The number of benzene rings is 1. The highest BCUT2D eigenvalue weighted by Crippen LogP contribution is 2.28. The number of pyridine rings is 1. The van der Waals surface area contributed by atoms with Crippen LogP contribution >= 0.6 is 15.9 Å². The molecule has 98 valence electrons. The molecular weight excluding hydrogens is 310 g/mol. The minimum absolute atomic E-state index is 0.203. The van der Waals surface area contributed by atoms with Crippen molar-refractivity contribution in [2.24, 2.45) is 7.05 Å². The predicted molar refractivity (Wildman–Crippen MR) is 76.5 cm³/mol. The lowest BCUT2D eigenvalue weighted by Crippen LogP contribution is -2.24. The molecule has 0 spiro atoms. The van der Waals surface area contributed by atoms with Gasteiger partial charge in [-0.1, -0.05) is 22.0 Å². The third kappa shape index (κ3) is 2.46. The van der Waals surface area contributed by atoms with Crippen molar-refractivity contribution in [3.05, 3.63) is 56.4 Å². The largest absolute Gasteiger partial charge is 0.477 e. The maximum absolute atomic E-state index is 12.0. The number of aromatic nitrogens is 1. The first-order valence-corrected chi connectivity index (χ1v) is 6.40. The van der Waals surface area contributed by atoms with Crippen molar-refractivity contribution < 1.29 is 9.90 Å². The van der Waals surface area contributed by atoms with E-state index in [1.807, 2.05) is 25.1 Å². The number of carboxylic acids is 1. The van der Waals surface area contributed by atoms with E-state index in [2.05, 4.69) is 15.9 Å². The molecule has 1 aromatic heterocycles. The van der Waals surface area contributed by atoms with Crippen molar-refractivity contribution in [1.29, 1.82) is 0 Å². The van der Waals surface area contributed by atoms with Crippen LogP contribution in [-0.4, -0.2) is 15.6 Å². The van der Waals surface area contributed by atoms with Gasteiger partial charge in [0, 0.05) is 23.3 Å². The Hall–Kier alpha value is -1.88. The van der Waals surface area contributed by atoms with Gasteiger partial charge in [-0.3, -0.25) is 4.79 Å². The zero-order valence-corrected chi connectivity index (χ0v) is 12.1. The third-order valence-electron chi connectivity index (χ3n) is 2.97. The van der Waals surface area contributed by atoms with E-state index >= 15 is 0 Å². The molecule has 0 fully saturated rings. The highest BCUT2D eigenvalue weighted by Gasteiger charge is 2.18. The van der Waals surface area contributed by atoms with E-state index in [1.165, 1.54) is 11.6 Å². The normalized spacial score (nSPS) is 10.5. The van der Waals surface area contributed by atoms with Crippen LogP contribution in [0.15, 0.2) is 39.7 Å². The molecule has 0 aliphatic rings. The Morgan fingerprint density at radius 1 is 1.26 bits per heavy atom. The summed E-state index contributed by atoms with van der Waals surface area (Å²) in [6.07, 6.45) is 1.57. The molecule has 5 heteroatoms. The summed E-state index contributed by atoms with van der Waals surface area (Å²) in [5, 5.41) is 9.27. The SMILES string of the molecule is Cc1ccc(Br)cc1-c1ccn(C)c(=O)c1C(=O)O. The summed E-state index contributed by atoms with van der Waals surface area (Å²) in [6.45, 7) is 1.88. The van der Waals surface area contributed by atoms with Gasteiger partial charge in [-0.2, -0.15) is 0 Å². The van der Waals surface area contributed by atoms with Crippen LogP contribution in [0, 0.1) is 6.92 Å². The molecule has 1 heterocycles. The number of carboxylic acid groups (broad SMARTS) is 1. The number of hydrogen-bond donors (Lipinski definition) is 1. The molecule has 0 radical (unpaired) electrons. The molecular formula is C14H12BrNO3. The Morgan fingerprint density at radius 2 is 1.95 bits per heavy atom. The van der Waals surface area contributed by atoms with Gasteiger partial charge in [0.1, 0.15) is 5.56 Å². The average molecular weight is 322 g/mol. The number of rotatable bonds is 2. The maximum Gasteiger partial charge on any atom is 0.341 e. The van der Waals surface area contributed by atoms with Gasteiger partial charge in [0.15, 0.2) is 0 Å². The number of halogens is 1. The van der Waals surface area contributed by atoms with E-state index in [1.54, 1.807) is 12.3 Å². The molecule has 1 aromatic carbocycles. The molecule has 0 bridgehead atoms. The van der Waals surface area contributed by atoms with Gasteiger partial charge in [0.25, 0.3) is 5.56 Å². The zero-order chi connectivity index (χ0) is 14.2. The molecule has 0 aliphatic carbocycles. The van der Waals surface area contributed by atoms with Crippen LogP contribution in [0.1, 0.15) is 15.9 Å². The fourth-order valence-electron chi connectivity index (χ4n) is 1.94. The zero-order valence-electron chi connectivity index (χ0n) is 10.5. The number of nitrogens with zero attached hydrogens (tertiary/aromatic N) is 1. The first kappa shape index (κ1) is 13.5.